The first kappa shape index (κ1) is 19.4. The molecule has 1 aromatic carbocycles. The summed E-state index contributed by atoms with van der Waals surface area (Å²) in [6.07, 6.45) is 3.85. The highest BCUT2D eigenvalue weighted by Crippen LogP contribution is 2.42. The minimum atomic E-state index is -0.213. The van der Waals surface area contributed by atoms with Crippen LogP contribution in [0.3, 0.4) is 0 Å². The molecule has 1 spiro atoms. The summed E-state index contributed by atoms with van der Waals surface area (Å²) in [5.41, 5.74) is 2.95. The molecule has 0 radical (unpaired) electrons. The van der Waals surface area contributed by atoms with Crippen molar-refractivity contribution in [3.05, 3.63) is 51.8 Å². The van der Waals surface area contributed by atoms with Crippen LogP contribution in [-0.2, 0) is 11.3 Å². The predicted molar refractivity (Wildman–Crippen MR) is 114 cm³/mol. The maximum atomic E-state index is 13.4. The number of halogens is 1. The maximum Gasteiger partial charge on any atom is 0.229 e. The van der Waals surface area contributed by atoms with Gasteiger partial charge in [0.2, 0.25) is 11.9 Å². The van der Waals surface area contributed by atoms with Crippen LogP contribution in [0.25, 0.3) is 0 Å². The molecule has 0 bridgehead atoms. The Bertz CT molecular complexity index is 856. The quantitative estimate of drug-likeness (QED) is 0.711. The lowest BCUT2D eigenvalue weighted by Gasteiger charge is -2.46. The molecule has 4 rings (SSSR count). The summed E-state index contributed by atoms with van der Waals surface area (Å²) in [4.78, 5) is 26.9. The standard InChI is InChI=1S/C22H27BrN4O/c1-16-14-17(2)25-21(24-16)26-12-9-22(10-13-26)8-5-11-27(20(22)28)15-18-6-3-4-7-19(18)23/h3-4,6-7,14H,5,8-13,15H2,1-2H3. The Hall–Kier alpha value is -1.95. The molecule has 0 unspecified atom stereocenters. The van der Waals surface area contributed by atoms with E-state index >= 15 is 0 Å². The van der Waals surface area contributed by atoms with Crippen LogP contribution >= 0.6 is 15.9 Å². The van der Waals surface area contributed by atoms with E-state index in [1.165, 1.54) is 5.56 Å². The number of aromatic nitrogens is 2. The van der Waals surface area contributed by atoms with Gasteiger partial charge in [-0.05, 0) is 57.2 Å². The van der Waals surface area contributed by atoms with Gasteiger partial charge in [-0.3, -0.25) is 4.79 Å². The van der Waals surface area contributed by atoms with Gasteiger partial charge in [0.1, 0.15) is 0 Å². The summed E-state index contributed by atoms with van der Waals surface area (Å²) in [7, 11) is 0. The third-order valence-electron chi connectivity index (χ3n) is 6.12. The molecule has 1 amide bonds. The topological polar surface area (TPSA) is 49.3 Å². The number of likely N-dealkylation sites (tertiary alicyclic amines) is 1. The molecule has 2 saturated heterocycles. The lowest BCUT2D eigenvalue weighted by atomic mass is 9.71. The van der Waals surface area contributed by atoms with E-state index < -0.39 is 0 Å². The third-order valence-corrected chi connectivity index (χ3v) is 6.89. The monoisotopic (exact) mass is 442 g/mol. The van der Waals surface area contributed by atoms with Crippen molar-refractivity contribution < 1.29 is 4.79 Å². The zero-order valence-corrected chi connectivity index (χ0v) is 18.2. The number of piperidine rings is 2. The summed E-state index contributed by atoms with van der Waals surface area (Å²) >= 11 is 3.62. The van der Waals surface area contributed by atoms with Crippen molar-refractivity contribution in [3.8, 4) is 0 Å². The van der Waals surface area contributed by atoms with Crippen LogP contribution in [0.2, 0.25) is 0 Å². The fourth-order valence-electron chi connectivity index (χ4n) is 4.58. The van der Waals surface area contributed by atoms with E-state index in [1.54, 1.807) is 0 Å². The lowest BCUT2D eigenvalue weighted by molar-refractivity contribution is -0.148. The molecule has 2 aliphatic heterocycles. The molecule has 3 heterocycles. The van der Waals surface area contributed by atoms with Gasteiger partial charge in [0.05, 0.1) is 5.41 Å². The summed E-state index contributed by atoms with van der Waals surface area (Å²) < 4.78 is 1.07. The first-order valence-corrected chi connectivity index (χ1v) is 10.9. The van der Waals surface area contributed by atoms with Gasteiger partial charge in [0.25, 0.3) is 0 Å². The fourth-order valence-corrected chi connectivity index (χ4v) is 4.99. The Labute approximate surface area is 175 Å². The molecule has 5 nitrogen and oxygen atoms in total. The van der Waals surface area contributed by atoms with E-state index in [-0.39, 0.29) is 5.41 Å². The zero-order chi connectivity index (χ0) is 19.7. The highest BCUT2D eigenvalue weighted by atomic mass is 79.9. The average Bonchev–Trinajstić information content (AvgIpc) is 2.67. The first-order chi connectivity index (χ1) is 13.5. The van der Waals surface area contributed by atoms with Gasteiger partial charge >= 0.3 is 0 Å². The number of amides is 1. The maximum absolute atomic E-state index is 13.4. The van der Waals surface area contributed by atoms with Gasteiger partial charge in [-0.1, -0.05) is 34.1 Å². The number of carbonyl (C=O) groups is 1. The number of carbonyl (C=O) groups excluding carboxylic acids is 1. The van der Waals surface area contributed by atoms with Crippen LogP contribution in [0.5, 0.6) is 0 Å². The van der Waals surface area contributed by atoms with Crippen LogP contribution in [0.1, 0.15) is 42.6 Å². The first-order valence-electron chi connectivity index (χ1n) is 10.1. The molecule has 148 valence electrons. The SMILES string of the molecule is Cc1cc(C)nc(N2CCC3(CCCN(Cc4ccccc4Br)C3=O)CC2)n1. The van der Waals surface area contributed by atoms with Gasteiger partial charge in [0, 0.05) is 42.0 Å². The van der Waals surface area contributed by atoms with Crippen molar-refractivity contribution in [2.24, 2.45) is 5.41 Å². The van der Waals surface area contributed by atoms with Gasteiger partial charge in [-0.2, -0.15) is 0 Å². The van der Waals surface area contributed by atoms with Crippen LogP contribution < -0.4 is 4.90 Å². The Kier molecular flexibility index (Phi) is 5.41. The number of hydrogen-bond donors (Lipinski definition) is 0. The van der Waals surface area contributed by atoms with E-state index in [2.05, 4.69) is 41.8 Å². The van der Waals surface area contributed by atoms with Gasteiger partial charge in [-0.25, -0.2) is 9.97 Å². The van der Waals surface area contributed by atoms with Crippen molar-refractivity contribution in [3.63, 3.8) is 0 Å². The molecule has 2 fully saturated rings. The molecule has 6 heteroatoms. The highest BCUT2D eigenvalue weighted by molar-refractivity contribution is 9.10. The smallest absolute Gasteiger partial charge is 0.229 e. The molecule has 28 heavy (non-hydrogen) atoms. The Morgan fingerprint density at radius 2 is 1.71 bits per heavy atom. The number of rotatable bonds is 3. The zero-order valence-electron chi connectivity index (χ0n) is 16.6. The Balaban J connectivity index is 1.46. The highest BCUT2D eigenvalue weighted by Gasteiger charge is 2.45. The van der Waals surface area contributed by atoms with Crippen molar-refractivity contribution in [1.82, 2.24) is 14.9 Å². The molecule has 0 N–H and O–H groups in total. The van der Waals surface area contributed by atoms with Crippen LogP contribution in [-0.4, -0.2) is 40.4 Å². The number of nitrogens with zero attached hydrogens (tertiary/aromatic N) is 4. The van der Waals surface area contributed by atoms with E-state index in [0.717, 1.165) is 67.1 Å². The average molecular weight is 443 g/mol. The minimum absolute atomic E-state index is 0.213. The second-order valence-electron chi connectivity index (χ2n) is 8.14. The van der Waals surface area contributed by atoms with E-state index in [4.69, 9.17) is 0 Å². The summed E-state index contributed by atoms with van der Waals surface area (Å²) in [6.45, 7) is 7.24. The van der Waals surface area contributed by atoms with Crippen LogP contribution in [0, 0.1) is 19.3 Å². The Morgan fingerprint density at radius 1 is 1.04 bits per heavy atom. The molecule has 0 atom stereocenters. The van der Waals surface area contributed by atoms with E-state index in [9.17, 15) is 4.79 Å². The van der Waals surface area contributed by atoms with Gasteiger partial charge < -0.3 is 9.80 Å². The second-order valence-corrected chi connectivity index (χ2v) is 8.99. The Morgan fingerprint density at radius 3 is 2.39 bits per heavy atom. The third kappa shape index (κ3) is 3.79. The second kappa shape index (κ2) is 7.82. The van der Waals surface area contributed by atoms with Crippen molar-refractivity contribution >= 4 is 27.8 Å². The molecular weight excluding hydrogens is 416 g/mol. The van der Waals surface area contributed by atoms with Crippen LogP contribution in [0.15, 0.2) is 34.8 Å². The van der Waals surface area contributed by atoms with Crippen LogP contribution in [0.4, 0.5) is 5.95 Å². The fraction of sp³-hybridized carbons (Fsp3) is 0.500. The number of aryl methyl sites for hydroxylation is 2. The van der Waals surface area contributed by atoms with Crippen molar-refractivity contribution in [1.29, 1.82) is 0 Å². The molecule has 1 aromatic heterocycles. The normalized spacial score (nSPS) is 19.3. The summed E-state index contributed by atoms with van der Waals surface area (Å²) in [5, 5.41) is 0. The molecule has 2 aromatic rings. The van der Waals surface area contributed by atoms with Crippen molar-refractivity contribution in [2.45, 2.75) is 46.1 Å². The summed E-state index contributed by atoms with van der Waals surface area (Å²) in [5.74, 6) is 1.14. The minimum Gasteiger partial charge on any atom is -0.341 e. The number of hydrogen-bond acceptors (Lipinski definition) is 4. The van der Waals surface area contributed by atoms with E-state index in [0.29, 0.717) is 12.5 Å². The molecule has 0 saturated carbocycles. The molecular formula is C22H27BrN4O. The lowest BCUT2D eigenvalue weighted by Crippen LogP contribution is -2.53. The number of anilines is 1. The summed E-state index contributed by atoms with van der Waals surface area (Å²) in [6, 6.07) is 10.2. The van der Waals surface area contributed by atoms with Gasteiger partial charge in [-0.15, -0.1) is 0 Å². The largest absolute Gasteiger partial charge is 0.341 e. The van der Waals surface area contributed by atoms with Crippen molar-refractivity contribution in [2.75, 3.05) is 24.5 Å². The molecule has 2 aliphatic rings. The van der Waals surface area contributed by atoms with Gasteiger partial charge in [0.15, 0.2) is 0 Å². The molecule has 0 aliphatic carbocycles. The van der Waals surface area contributed by atoms with E-state index in [1.807, 2.05) is 38.1 Å². The number of benzene rings is 1. The predicted octanol–water partition coefficient (Wildman–Crippen LogP) is 4.27.